The molecule has 3 amide bonds. The van der Waals surface area contributed by atoms with Gasteiger partial charge in [-0.1, -0.05) is 85.5 Å². The van der Waals surface area contributed by atoms with Gasteiger partial charge in [0.2, 0.25) is 17.7 Å². The zero-order valence-electron chi connectivity index (χ0n) is 27.3. The quantitative estimate of drug-likeness (QED) is 0.346. The van der Waals surface area contributed by atoms with Crippen LogP contribution < -0.4 is 16.0 Å². The predicted octanol–water partition coefficient (Wildman–Crippen LogP) is 4.76. The third kappa shape index (κ3) is 7.40. The molecule has 47 heavy (non-hydrogen) atoms. The Morgan fingerprint density at radius 2 is 1.45 bits per heavy atom. The molecule has 9 heteroatoms. The fourth-order valence-corrected chi connectivity index (χ4v) is 7.98. The molecule has 3 aromatic rings. The molecule has 248 valence electrons. The minimum absolute atomic E-state index is 0.0405. The molecule has 3 aromatic carbocycles. The number of para-hydroxylation sites is 1. The summed E-state index contributed by atoms with van der Waals surface area (Å²) < 4.78 is 0. The van der Waals surface area contributed by atoms with Crippen LogP contribution in [0.15, 0.2) is 78.9 Å². The van der Waals surface area contributed by atoms with Gasteiger partial charge in [0.25, 0.3) is 0 Å². The molecule has 6 rings (SSSR count). The molecule has 0 radical (unpaired) electrons. The van der Waals surface area contributed by atoms with E-state index in [0.29, 0.717) is 57.0 Å². The fourth-order valence-electron chi connectivity index (χ4n) is 7.86. The number of nitrogens with zero attached hydrogens (tertiary/aromatic N) is 3. The first-order valence-electron chi connectivity index (χ1n) is 16.9. The number of benzene rings is 3. The Labute approximate surface area is 283 Å². The molecule has 2 aliphatic carbocycles. The van der Waals surface area contributed by atoms with Crippen molar-refractivity contribution in [3.63, 3.8) is 0 Å². The number of carbonyl (C=O) groups excluding carboxylic acids is 3. The second-order valence-electron chi connectivity index (χ2n) is 13.7. The second kappa shape index (κ2) is 14.2. The van der Waals surface area contributed by atoms with Gasteiger partial charge in [0.15, 0.2) is 0 Å². The smallest absolute Gasteiger partial charge is 0.245 e. The van der Waals surface area contributed by atoms with Gasteiger partial charge in [0.05, 0.1) is 0 Å². The van der Waals surface area contributed by atoms with Gasteiger partial charge in [-0.25, -0.2) is 0 Å². The topological polar surface area (TPSA) is 99.0 Å². The summed E-state index contributed by atoms with van der Waals surface area (Å²) in [5.74, 6) is -0.357. The Bertz CT molecular complexity index is 1540. The molecule has 0 aromatic heterocycles. The number of anilines is 1. The first kappa shape index (κ1) is 33.2. The highest BCUT2D eigenvalue weighted by Gasteiger charge is 2.44. The minimum Gasteiger partial charge on any atom is -0.342 e. The molecular formula is C38H46ClN5O3. The molecule has 1 atom stereocenters. The molecule has 1 saturated heterocycles. The van der Waals surface area contributed by atoms with Gasteiger partial charge in [-0.3, -0.25) is 19.3 Å². The first-order valence-corrected chi connectivity index (χ1v) is 17.3. The monoisotopic (exact) mass is 655 g/mol. The number of fused-ring (bicyclic) bond motifs is 1. The van der Waals surface area contributed by atoms with E-state index in [1.54, 1.807) is 19.1 Å². The lowest BCUT2D eigenvalue weighted by molar-refractivity contribution is -0.140. The number of nitrogens with one attached hydrogen (secondary N) is 1. The molecular weight excluding hydrogens is 610 g/mol. The van der Waals surface area contributed by atoms with Crippen molar-refractivity contribution < 1.29 is 14.4 Å². The van der Waals surface area contributed by atoms with Crippen LogP contribution in [0.4, 0.5) is 5.69 Å². The minimum atomic E-state index is -1.10. The molecule has 0 bridgehead atoms. The molecule has 3 N–H and O–H groups in total. The number of rotatable bonds is 9. The van der Waals surface area contributed by atoms with Crippen LogP contribution in [0, 0.1) is 0 Å². The molecule has 2 fully saturated rings. The van der Waals surface area contributed by atoms with E-state index in [1.807, 2.05) is 76.5 Å². The molecule has 3 aliphatic rings. The Hall–Kier alpha value is -3.72. The van der Waals surface area contributed by atoms with Crippen molar-refractivity contribution in [3.8, 4) is 0 Å². The summed E-state index contributed by atoms with van der Waals surface area (Å²) in [7, 11) is 0. The average molecular weight is 656 g/mol. The maximum Gasteiger partial charge on any atom is 0.245 e. The van der Waals surface area contributed by atoms with E-state index in [0.717, 1.165) is 48.1 Å². The Morgan fingerprint density at radius 3 is 2.04 bits per heavy atom. The maximum atomic E-state index is 14.2. The highest BCUT2D eigenvalue weighted by atomic mass is 35.5. The van der Waals surface area contributed by atoms with Crippen molar-refractivity contribution in [1.29, 1.82) is 0 Å². The Kier molecular flexibility index (Phi) is 10.0. The van der Waals surface area contributed by atoms with Gasteiger partial charge in [-0.2, -0.15) is 0 Å². The van der Waals surface area contributed by atoms with Crippen LogP contribution >= 0.6 is 11.6 Å². The molecule has 0 spiro atoms. The van der Waals surface area contributed by atoms with E-state index in [1.165, 1.54) is 6.42 Å². The van der Waals surface area contributed by atoms with Crippen LogP contribution in [0.3, 0.4) is 0 Å². The highest BCUT2D eigenvalue weighted by Crippen LogP contribution is 2.37. The van der Waals surface area contributed by atoms with Crippen LogP contribution in [0.2, 0.25) is 5.02 Å². The van der Waals surface area contributed by atoms with Gasteiger partial charge in [0.1, 0.15) is 11.6 Å². The summed E-state index contributed by atoms with van der Waals surface area (Å²) in [6.07, 6.45) is 6.72. The van der Waals surface area contributed by atoms with E-state index in [4.69, 9.17) is 17.3 Å². The fraction of sp³-hybridized carbons (Fsp3) is 0.447. The van der Waals surface area contributed by atoms with Crippen LogP contribution in [-0.4, -0.2) is 77.4 Å². The highest BCUT2D eigenvalue weighted by molar-refractivity contribution is 6.30. The van der Waals surface area contributed by atoms with E-state index in [9.17, 15) is 14.4 Å². The normalized spacial score (nSPS) is 19.4. The third-order valence-corrected chi connectivity index (χ3v) is 10.7. The summed E-state index contributed by atoms with van der Waals surface area (Å²) in [5, 5.41) is 3.71. The first-order chi connectivity index (χ1) is 22.7. The van der Waals surface area contributed by atoms with Gasteiger partial charge in [-0.15, -0.1) is 0 Å². The van der Waals surface area contributed by atoms with Crippen molar-refractivity contribution in [2.45, 2.75) is 75.4 Å². The van der Waals surface area contributed by atoms with E-state index >= 15 is 0 Å². The zero-order chi connectivity index (χ0) is 33.0. The lowest BCUT2D eigenvalue weighted by atomic mass is 9.79. The lowest BCUT2D eigenvalue weighted by Gasteiger charge is -2.51. The van der Waals surface area contributed by atoms with Crippen molar-refractivity contribution in [1.82, 2.24) is 15.1 Å². The largest absolute Gasteiger partial charge is 0.342 e. The zero-order valence-corrected chi connectivity index (χ0v) is 28.1. The number of carbonyl (C=O) groups is 3. The number of hydrogen-bond donors (Lipinski definition) is 2. The molecule has 1 aliphatic heterocycles. The van der Waals surface area contributed by atoms with Crippen molar-refractivity contribution >= 4 is 35.0 Å². The van der Waals surface area contributed by atoms with Crippen molar-refractivity contribution in [2.75, 3.05) is 37.6 Å². The van der Waals surface area contributed by atoms with Crippen LogP contribution in [0.1, 0.15) is 55.7 Å². The Balaban J connectivity index is 1.17. The summed E-state index contributed by atoms with van der Waals surface area (Å²) in [5.41, 5.74) is 9.47. The molecule has 8 nitrogen and oxygen atoms in total. The van der Waals surface area contributed by atoms with Crippen molar-refractivity contribution in [3.05, 3.63) is 101 Å². The van der Waals surface area contributed by atoms with Gasteiger partial charge in [-0.05, 0) is 66.6 Å². The summed E-state index contributed by atoms with van der Waals surface area (Å²) in [6.45, 7) is 4.81. The van der Waals surface area contributed by atoms with Gasteiger partial charge in [0, 0.05) is 62.3 Å². The van der Waals surface area contributed by atoms with Crippen LogP contribution in [0.25, 0.3) is 0 Å². The van der Waals surface area contributed by atoms with E-state index in [2.05, 4.69) is 10.2 Å². The number of hydrogen-bond acceptors (Lipinski definition) is 5. The molecule has 1 heterocycles. The molecule has 1 saturated carbocycles. The van der Waals surface area contributed by atoms with Crippen molar-refractivity contribution in [2.24, 2.45) is 5.73 Å². The van der Waals surface area contributed by atoms with Gasteiger partial charge < -0.3 is 20.9 Å². The maximum absolute atomic E-state index is 14.2. The average Bonchev–Trinajstić information content (AvgIpc) is 3.46. The van der Waals surface area contributed by atoms with E-state index < -0.39 is 11.6 Å². The summed E-state index contributed by atoms with van der Waals surface area (Å²) >= 11 is 6.15. The SMILES string of the molecule is CC(=O)N(CC1(N2CCN(C(=O)C(Cc3ccc(Cl)cc3)NC(=O)C3(N)Cc4ccccc4C3)CC2)CCCCC1)c1ccccc1. The number of piperazine rings is 1. The molecule has 1 unspecified atom stereocenters. The third-order valence-electron chi connectivity index (χ3n) is 10.5. The lowest BCUT2D eigenvalue weighted by Crippen LogP contribution is -2.65. The predicted molar refractivity (Wildman–Crippen MR) is 186 cm³/mol. The van der Waals surface area contributed by atoms with Crippen LogP contribution in [-0.2, 0) is 33.6 Å². The van der Waals surface area contributed by atoms with Crippen LogP contribution in [0.5, 0.6) is 0 Å². The summed E-state index contributed by atoms with van der Waals surface area (Å²) in [6, 6.07) is 24.5. The second-order valence-corrected chi connectivity index (χ2v) is 14.1. The summed E-state index contributed by atoms with van der Waals surface area (Å²) in [4.78, 5) is 47.2. The number of amides is 3. The van der Waals surface area contributed by atoms with Gasteiger partial charge >= 0.3 is 0 Å². The number of halogens is 1. The Morgan fingerprint density at radius 1 is 0.851 bits per heavy atom. The standard InChI is InChI=1S/C38H46ClN5O3/c1-28(45)44(33-12-4-2-5-13-33)27-37(18-8-3-9-19-37)43-22-20-42(21-23-43)35(46)34(24-29-14-16-32(39)17-15-29)41-36(47)38(40)25-30-10-6-7-11-31(30)26-38/h2,4-7,10-17,34H,3,8-9,18-27,40H2,1H3,(H,41,47). The van der Waals surface area contributed by atoms with E-state index in [-0.39, 0.29) is 23.3 Å². The number of nitrogens with two attached hydrogens (primary N) is 1.